The summed E-state index contributed by atoms with van der Waals surface area (Å²) < 4.78 is 2.09. The predicted molar refractivity (Wildman–Crippen MR) is 94.1 cm³/mol. The fraction of sp³-hybridized carbons (Fsp3) is 0.556. The van der Waals surface area contributed by atoms with Crippen LogP contribution in [0.3, 0.4) is 0 Å². The molecule has 1 aliphatic heterocycles. The molecular weight excluding hydrogens is 300 g/mol. The van der Waals surface area contributed by atoms with Gasteiger partial charge in [-0.05, 0) is 43.3 Å². The number of nitrogens with two attached hydrogens (primary N) is 1. The Morgan fingerprint density at radius 1 is 1.04 bits per heavy atom. The molecule has 0 atom stereocenters. The number of aromatic nitrogens is 4. The van der Waals surface area contributed by atoms with Crippen molar-refractivity contribution in [1.29, 1.82) is 0 Å². The monoisotopic (exact) mass is 322 g/mol. The molecule has 6 heteroatoms. The van der Waals surface area contributed by atoms with E-state index in [1.165, 1.54) is 37.7 Å². The minimum Gasteiger partial charge on any atom is -0.383 e. The van der Waals surface area contributed by atoms with Crippen LogP contribution < -0.4 is 5.73 Å². The molecule has 5 rings (SSSR count). The molecule has 0 saturated heterocycles. The lowest BCUT2D eigenvalue weighted by Crippen LogP contribution is -2.15. The summed E-state index contributed by atoms with van der Waals surface area (Å²) in [5.41, 5.74) is 10.3. The topological polar surface area (TPSA) is 82.0 Å². The first-order valence-corrected chi connectivity index (χ1v) is 9.05. The maximum Gasteiger partial charge on any atom is 0.164 e. The number of rotatable bonds is 3. The molecule has 2 saturated carbocycles. The zero-order valence-corrected chi connectivity index (χ0v) is 13.8. The fourth-order valence-electron chi connectivity index (χ4n) is 4.04. The Balaban J connectivity index is 1.63. The molecule has 2 aromatic heterocycles. The fourth-order valence-corrected chi connectivity index (χ4v) is 4.04. The summed E-state index contributed by atoms with van der Waals surface area (Å²) in [6.45, 7) is 0.811. The number of hydrogen-bond donors (Lipinski definition) is 1. The average molecular weight is 322 g/mol. The van der Waals surface area contributed by atoms with Crippen LogP contribution in [0, 0.1) is 5.92 Å². The maximum atomic E-state index is 6.19. The van der Waals surface area contributed by atoms with Gasteiger partial charge < -0.3 is 5.73 Å². The minimum atomic E-state index is 0.415. The standard InChI is InChI=1S/C18H22N6/c19-17-15-16(14-8-12(9-20-14)11-6-7-11)23-24(18(15)22-10-21-17)13-4-2-1-3-5-13/h8,10-11,13H,1-7,9H2,(H2,19,21,22). The van der Waals surface area contributed by atoms with Gasteiger partial charge in [0.15, 0.2) is 5.65 Å². The Hall–Kier alpha value is -2.24. The van der Waals surface area contributed by atoms with Crippen LogP contribution in [0.2, 0.25) is 0 Å². The number of anilines is 1. The molecule has 124 valence electrons. The maximum absolute atomic E-state index is 6.19. The summed E-state index contributed by atoms with van der Waals surface area (Å²) in [6, 6.07) is 0.415. The number of nitrogen functional groups attached to an aromatic ring is 1. The van der Waals surface area contributed by atoms with Crippen molar-refractivity contribution in [3.63, 3.8) is 0 Å². The van der Waals surface area contributed by atoms with Gasteiger partial charge in [0.1, 0.15) is 17.8 Å². The third-order valence-electron chi connectivity index (χ3n) is 5.54. The Morgan fingerprint density at radius 3 is 2.67 bits per heavy atom. The summed E-state index contributed by atoms with van der Waals surface area (Å²) in [6.07, 6.45) is 12.5. The molecule has 2 aromatic rings. The molecule has 0 bridgehead atoms. The third kappa shape index (κ3) is 2.24. The molecule has 0 spiro atoms. The van der Waals surface area contributed by atoms with Crippen LogP contribution >= 0.6 is 0 Å². The summed E-state index contributed by atoms with van der Waals surface area (Å²) in [7, 11) is 0. The van der Waals surface area contributed by atoms with E-state index >= 15 is 0 Å². The quantitative estimate of drug-likeness (QED) is 0.941. The van der Waals surface area contributed by atoms with Crippen LogP contribution in [-0.2, 0) is 0 Å². The second-order valence-electron chi connectivity index (χ2n) is 7.24. The zero-order valence-electron chi connectivity index (χ0n) is 13.8. The first-order chi connectivity index (χ1) is 11.8. The van der Waals surface area contributed by atoms with Crippen LogP contribution in [0.15, 0.2) is 23.0 Å². The largest absolute Gasteiger partial charge is 0.383 e. The van der Waals surface area contributed by atoms with Gasteiger partial charge in [0.2, 0.25) is 0 Å². The normalized spacial score (nSPS) is 22.0. The Labute approximate surface area is 140 Å². The van der Waals surface area contributed by atoms with Crippen molar-refractivity contribution in [3.8, 4) is 0 Å². The van der Waals surface area contributed by atoms with Crippen molar-refractivity contribution in [2.45, 2.75) is 51.0 Å². The smallest absolute Gasteiger partial charge is 0.164 e. The second-order valence-corrected chi connectivity index (χ2v) is 7.24. The van der Waals surface area contributed by atoms with Gasteiger partial charge in [-0.2, -0.15) is 5.10 Å². The van der Waals surface area contributed by atoms with E-state index in [4.69, 9.17) is 15.8 Å². The number of fused-ring (bicyclic) bond motifs is 1. The molecule has 0 unspecified atom stereocenters. The van der Waals surface area contributed by atoms with Crippen molar-refractivity contribution in [3.05, 3.63) is 23.7 Å². The van der Waals surface area contributed by atoms with Gasteiger partial charge in [-0.25, -0.2) is 14.6 Å². The lowest BCUT2D eigenvalue weighted by molar-refractivity contribution is 0.335. The van der Waals surface area contributed by atoms with Crippen LogP contribution in [-0.4, -0.2) is 32.0 Å². The van der Waals surface area contributed by atoms with Gasteiger partial charge in [-0.1, -0.05) is 19.3 Å². The number of aliphatic imine (C=N–C) groups is 1. The van der Waals surface area contributed by atoms with E-state index in [1.54, 1.807) is 6.33 Å². The average Bonchev–Trinajstić information content (AvgIpc) is 3.21. The molecule has 2 N–H and O–H groups in total. The molecule has 2 fully saturated rings. The van der Waals surface area contributed by atoms with Gasteiger partial charge in [-0.3, -0.25) is 4.99 Å². The highest BCUT2D eigenvalue weighted by Crippen LogP contribution is 2.39. The van der Waals surface area contributed by atoms with Gasteiger partial charge >= 0.3 is 0 Å². The summed E-state index contributed by atoms with van der Waals surface area (Å²) in [5.74, 6) is 1.25. The second kappa shape index (κ2) is 5.40. The third-order valence-corrected chi connectivity index (χ3v) is 5.54. The highest BCUT2D eigenvalue weighted by molar-refractivity contribution is 6.17. The number of allylic oxidation sites excluding steroid dienone is 1. The molecule has 24 heavy (non-hydrogen) atoms. The van der Waals surface area contributed by atoms with Gasteiger partial charge in [0.25, 0.3) is 0 Å². The van der Waals surface area contributed by atoms with E-state index in [-0.39, 0.29) is 0 Å². The van der Waals surface area contributed by atoms with Crippen molar-refractivity contribution >= 4 is 22.6 Å². The van der Waals surface area contributed by atoms with Crippen LogP contribution in [0.1, 0.15) is 56.7 Å². The van der Waals surface area contributed by atoms with Crippen molar-refractivity contribution in [1.82, 2.24) is 19.7 Å². The summed E-state index contributed by atoms with van der Waals surface area (Å²) >= 11 is 0. The summed E-state index contributed by atoms with van der Waals surface area (Å²) in [5, 5.41) is 5.80. The van der Waals surface area contributed by atoms with E-state index in [9.17, 15) is 0 Å². The first-order valence-electron chi connectivity index (χ1n) is 9.05. The Kier molecular flexibility index (Phi) is 3.18. The Bertz CT molecular complexity index is 852. The molecule has 0 amide bonds. The van der Waals surface area contributed by atoms with Gasteiger partial charge in [-0.15, -0.1) is 0 Å². The number of hydrogen-bond acceptors (Lipinski definition) is 5. The zero-order chi connectivity index (χ0) is 16.1. The first kappa shape index (κ1) is 14.1. The molecule has 6 nitrogen and oxygen atoms in total. The van der Waals surface area contributed by atoms with Crippen LogP contribution in [0.4, 0.5) is 5.82 Å². The van der Waals surface area contributed by atoms with Crippen LogP contribution in [0.5, 0.6) is 0 Å². The van der Waals surface area contributed by atoms with E-state index in [0.29, 0.717) is 11.9 Å². The van der Waals surface area contributed by atoms with Gasteiger partial charge in [0.05, 0.1) is 23.7 Å². The van der Waals surface area contributed by atoms with E-state index in [0.717, 1.165) is 47.7 Å². The molecule has 2 aliphatic carbocycles. The van der Waals surface area contributed by atoms with Crippen molar-refractivity contribution in [2.24, 2.45) is 10.9 Å². The van der Waals surface area contributed by atoms with Gasteiger partial charge in [0, 0.05) is 0 Å². The van der Waals surface area contributed by atoms with E-state index < -0.39 is 0 Å². The lowest BCUT2D eigenvalue weighted by Gasteiger charge is -2.22. The molecule has 3 aliphatic rings. The number of nitrogens with zero attached hydrogens (tertiary/aromatic N) is 5. The molecule has 0 aromatic carbocycles. The molecular formula is C18H22N6. The SMILES string of the molecule is Nc1ncnc2c1c(C1=NCC(C3CC3)=C1)nn2C1CCCCC1. The molecule has 3 heterocycles. The van der Waals surface area contributed by atoms with E-state index in [2.05, 4.69) is 20.7 Å². The van der Waals surface area contributed by atoms with Crippen molar-refractivity contribution < 1.29 is 0 Å². The highest BCUT2D eigenvalue weighted by Gasteiger charge is 2.30. The van der Waals surface area contributed by atoms with Crippen LogP contribution in [0.25, 0.3) is 11.0 Å². The summed E-state index contributed by atoms with van der Waals surface area (Å²) in [4.78, 5) is 13.4. The minimum absolute atomic E-state index is 0.415. The Morgan fingerprint density at radius 2 is 1.88 bits per heavy atom. The predicted octanol–water partition coefficient (Wildman–Crippen LogP) is 3.05. The highest BCUT2D eigenvalue weighted by atomic mass is 15.3. The molecule has 0 radical (unpaired) electrons. The van der Waals surface area contributed by atoms with E-state index in [1.807, 2.05) is 0 Å². The lowest BCUT2D eigenvalue weighted by atomic mass is 9.96. The van der Waals surface area contributed by atoms with Crippen molar-refractivity contribution in [2.75, 3.05) is 12.3 Å².